The van der Waals surface area contributed by atoms with E-state index in [1.165, 1.54) is 18.5 Å². The maximum atomic E-state index is 13.6. The molecule has 1 aliphatic heterocycles. The summed E-state index contributed by atoms with van der Waals surface area (Å²) in [7, 11) is 0. The van der Waals surface area contributed by atoms with E-state index in [1.807, 2.05) is 12.1 Å². The molecule has 2 heterocycles. The molecule has 0 saturated carbocycles. The lowest BCUT2D eigenvalue weighted by atomic mass is 10.2. The molecule has 10 heteroatoms. The first kappa shape index (κ1) is 25.7. The Morgan fingerprint density at radius 3 is 2.54 bits per heavy atom. The Balaban J connectivity index is 1.52. The number of morpholine rings is 1. The molecule has 1 fully saturated rings. The number of ether oxygens (including phenoxy) is 3. The first-order valence-corrected chi connectivity index (χ1v) is 12.7. The fourth-order valence-electron chi connectivity index (χ4n) is 3.77. The third-order valence-electron chi connectivity index (χ3n) is 5.65. The predicted molar refractivity (Wildman–Crippen MR) is 137 cm³/mol. The quantitative estimate of drug-likeness (QED) is 0.243. The SMILES string of the molecule is Fc1ccc(Nc2ncnc3cc(OCCCCCl)c(OCCCN4CCOCC4)cc23)cc1Cl. The van der Waals surface area contributed by atoms with Crippen molar-refractivity contribution in [2.75, 3.05) is 57.3 Å². The summed E-state index contributed by atoms with van der Waals surface area (Å²) in [6, 6.07) is 8.17. The van der Waals surface area contributed by atoms with Crippen molar-refractivity contribution in [3.05, 3.63) is 47.5 Å². The molecule has 4 rings (SSSR count). The van der Waals surface area contributed by atoms with Crippen LogP contribution in [0.4, 0.5) is 15.9 Å². The first-order valence-electron chi connectivity index (χ1n) is 11.8. The van der Waals surface area contributed by atoms with Gasteiger partial charge in [-0.25, -0.2) is 14.4 Å². The Hall–Kier alpha value is -2.39. The van der Waals surface area contributed by atoms with E-state index >= 15 is 0 Å². The summed E-state index contributed by atoms with van der Waals surface area (Å²) in [6.45, 7) is 5.48. The monoisotopic (exact) mass is 522 g/mol. The van der Waals surface area contributed by atoms with Crippen LogP contribution in [0.3, 0.4) is 0 Å². The van der Waals surface area contributed by atoms with E-state index in [0.29, 0.717) is 47.6 Å². The summed E-state index contributed by atoms with van der Waals surface area (Å²) in [6.07, 6.45) is 4.07. The number of hydrogen-bond acceptors (Lipinski definition) is 7. The van der Waals surface area contributed by atoms with Gasteiger partial charge in [0, 0.05) is 42.7 Å². The zero-order valence-corrected chi connectivity index (χ0v) is 21.0. The second-order valence-corrected chi connectivity index (χ2v) is 8.98. The van der Waals surface area contributed by atoms with Crippen LogP contribution in [-0.2, 0) is 4.74 Å². The Bertz CT molecular complexity index is 1120. The summed E-state index contributed by atoms with van der Waals surface area (Å²) in [5.74, 6) is 1.94. The van der Waals surface area contributed by atoms with Gasteiger partial charge in [0.05, 0.1) is 37.0 Å². The van der Waals surface area contributed by atoms with Crippen molar-refractivity contribution < 1.29 is 18.6 Å². The number of aromatic nitrogens is 2. The Labute approximate surface area is 214 Å². The minimum Gasteiger partial charge on any atom is -0.490 e. The fraction of sp³-hybridized carbons (Fsp3) is 0.440. The highest BCUT2D eigenvalue weighted by Crippen LogP contribution is 2.35. The number of rotatable bonds is 12. The van der Waals surface area contributed by atoms with Crippen LogP contribution in [0.25, 0.3) is 10.9 Å². The van der Waals surface area contributed by atoms with E-state index in [-0.39, 0.29) is 5.02 Å². The van der Waals surface area contributed by atoms with Crippen LogP contribution in [0.1, 0.15) is 19.3 Å². The molecule has 35 heavy (non-hydrogen) atoms. The van der Waals surface area contributed by atoms with Crippen molar-refractivity contribution in [2.45, 2.75) is 19.3 Å². The van der Waals surface area contributed by atoms with Crippen molar-refractivity contribution in [2.24, 2.45) is 0 Å². The number of benzene rings is 2. The van der Waals surface area contributed by atoms with Gasteiger partial charge >= 0.3 is 0 Å². The van der Waals surface area contributed by atoms with E-state index in [0.717, 1.165) is 57.5 Å². The van der Waals surface area contributed by atoms with Crippen molar-refractivity contribution in [3.8, 4) is 11.5 Å². The van der Waals surface area contributed by atoms with E-state index in [9.17, 15) is 4.39 Å². The van der Waals surface area contributed by atoms with Crippen LogP contribution < -0.4 is 14.8 Å². The molecule has 0 radical (unpaired) electrons. The Morgan fingerprint density at radius 2 is 1.77 bits per heavy atom. The third-order valence-corrected chi connectivity index (χ3v) is 6.21. The number of nitrogens with one attached hydrogen (secondary N) is 1. The largest absolute Gasteiger partial charge is 0.490 e. The first-order chi connectivity index (χ1) is 17.1. The average molecular weight is 523 g/mol. The number of hydrogen-bond donors (Lipinski definition) is 1. The normalized spacial score (nSPS) is 14.3. The van der Waals surface area contributed by atoms with Crippen LogP contribution in [0, 0.1) is 5.82 Å². The summed E-state index contributed by atoms with van der Waals surface area (Å²) in [5.41, 5.74) is 1.31. The van der Waals surface area contributed by atoms with Crippen molar-refractivity contribution in [3.63, 3.8) is 0 Å². The van der Waals surface area contributed by atoms with Crippen LogP contribution in [0.2, 0.25) is 5.02 Å². The van der Waals surface area contributed by atoms with E-state index in [2.05, 4.69) is 20.2 Å². The second kappa shape index (κ2) is 13.1. The molecule has 1 N–H and O–H groups in total. The molecular weight excluding hydrogens is 494 g/mol. The van der Waals surface area contributed by atoms with Crippen LogP contribution in [0.15, 0.2) is 36.7 Å². The standard InChI is InChI=1S/C25H29Cl2FN4O3/c26-6-1-2-10-34-24-16-22-19(15-23(24)35-11-3-7-32-8-12-33-13-9-32)25(30-17-29-22)31-18-4-5-21(28)20(27)14-18/h4-5,14-17H,1-3,6-13H2,(H,29,30,31). The lowest BCUT2D eigenvalue weighted by molar-refractivity contribution is 0.0357. The van der Waals surface area contributed by atoms with Crippen LogP contribution >= 0.6 is 23.2 Å². The van der Waals surface area contributed by atoms with Gasteiger partial charge in [0.15, 0.2) is 11.5 Å². The molecule has 0 amide bonds. The molecule has 1 aromatic heterocycles. The van der Waals surface area contributed by atoms with Gasteiger partial charge in [0.2, 0.25) is 0 Å². The maximum Gasteiger partial charge on any atom is 0.163 e. The molecular formula is C25H29Cl2FN4O3. The van der Waals surface area contributed by atoms with Crippen molar-refractivity contribution >= 4 is 45.6 Å². The molecule has 7 nitrogen and oxygen atoms in total. The highest BCUT2D eigenvalue weighted by Gasteiger charge is 2.14. The van der Waals surface area contributed by atoms with Gasteiger partial charge in [-0.15, -0.1) is 11.6 Å². The van der Waals surface area contributed by atoms with Gasteiger partial charge < -0.3 is 19.5 Å². The molecule has 0 unspecified atom stereocenters. The smallest absolute Gasteiger partial charge is 0.163 e. The number of fused-ring (bicyclic) bond motifs is 1. The van der Waals surface area contributed by atoms with Crippen molar-refractivity contribution in [1.29, 1.82) is 0 Å². The van der Waals surface area contributed by atoms with E-state index < -0.39 is 5.82 Å². The third kappa shape index (κ3) is 7.30. The summed E-state index contributed by atoms with van der Waals surface area (Å²) < 4.78 is 31.2. The van der Waals surface area contributed by atoms with Crippen LogP contribution in [-0.4, -0.2) is 66.8 Å². The van der Waals surface area contributed by atoms with E-state index in [4.69, 9.17) is 37.4 Å². The molecule has 3 aromatic rings. The number of nitrogens with zero attached hydrogens (tertiary/aromatic N) is 3. The highest BCUT2D eigenvalue weighted by molar-refractivity contribution is 6.31. The predicted octanol–water partition coefficient (Wildman–Crippen LogP) is 5.66. The average Bonchev–Trinajstić information content (AvgIpc) is 2.87. The van der Waals surface area contributed by atoms with Gasteiger partial charge in [-0.05, 0) is 43.5 Å². The van der Waals surface area contributed by atoms with Gasteiger partial charge in [-0.1, -0.05) is 11.6 Å². The maximum absolute atomic E-state index is 13.6. The molecule has 0 bridgehead atoms. The second-order valence-electron chi connectivity index (χ2n) is 8.19. The highest BCUT2D eigenvalue weighted by atomic mass is 35.5. The minimum atomic E-state index is -0.478. The Morgan fingerprint density at radius 1 is 1.00 bits per heavy atom. The van der Waals surface area contributed by atoms with Gasteiger partial charge in [0.1, 0.15) is 18.0 Å². The lowest BCUT2D eigenvalue weighted by Gasteiger charge is -2.26. The molecule has 0 spiro atoms. The summed E-state index contributed by atoms with van der Waals surface area (Å²) in [5, 5.41) is 3.99. The lowest BCUT2D eigenvalue weighted by Crippen LogP contribution is -2.37. The number of alkyl halides is 1. The van der Waals surface area contributed by atoms with Crippen molar-refractivity contribution in [1.82, 2.24) is 14.9 Å². The molecule has 0 aliphatic carbocycles. The topological polar surface area (TPSA) is 68.7 Å². The Kier molecular flexibility index (Phi) is 9.59. The number of anilines is 2. The molecule has 1 aliphatic rings. The van der Waals surface area contributed by atoms with Gasteiger partial charge in [-0.3, -0.25) is 4.90 Å². The minimum absolute atomic E-state index is 0.0327. The molecule has 0 atom stereocenters. The van der Waals surface area contributed by atoms with Crippen LogP contribution in [0.5, 0.6) is 11.5 Å². The zero-order chi connectivity index (χ0) is 24.5. The molecule has 2 aromatic carbocycles. The van der Waals surface area contributed by atoms with Gasteiger partial charge in [0.25, 0.3) is 0 Å². The van der Waals surface area contributed by atoms with E-state index in [1.54, 1.807) is 6.07 Å². The summed E-state index contributed by atoms with van der Waals surface area (Å²) in [4.78, 5) is 11.2. The van der Waals surface area contributed by atoms with Gasteiger partial charge in [-0.2, -0.15) is 0 Å². The summed E-state index contributed by atoms with van der Waals surface area (Å²) >= 11 is 11.7. The molecule has 188 valence electrons. The number of unbranched alkanes of at least 4 members (excludes halogenated alkanes) is 1. The number of halogens is 3. The molecule has 1 saturated heterocycles. The fourth-order valence-corrected chi connectivity index (χ4v) is 4.14. The zero-order valence-electron chi connectivity index (χ0n) is 19.4.